The lowest BCUT2D eigenvalue weighted by molar-refractivity contribution is -0.152. The first-order chi connectivity index (χ1) is 16.0. The van der Waals surface area contributed by atoms with Gasteiger partial charge in [-0.15, -0.1) is 0 Å². The van der Waals surface area contributed by atoms with Crippen molar-refractivity contribution in [2.75, 3.05) is 6.61 Å². The van der Waals surface area contributed by atoms with Gasteiger partial charge in [-0.25, -0.2) is 9.59 Å². The van der Waals surface area contributed by atoms with E-state index in [1.54, 1.807) is 0 Å². The maximum absolute atomic E-state index is 12.6. The third kappa shape index (κ3) is 3.96. The van der Waals surface area contributed by atoms with E-state index in [1.807, 2.05) is 24.3 Å². The molecule has 2 unspecified atom stereocenters. The predicted octanol–water partition coefficient (Wildman–Crippen LogP) is 3.82. The number of rotatable bonds is 6. The van der Waals surface area contributed by atoms with Crippen LogP contribution in [0.2, 0.25) is 0 Å². The summed E-state index contributed by atoms with van der Waals surface area (Å²) in [4.78, 5) is 36.6. The van der Waals surface area contributed by atoms with Gasteiger partial charge in [0.05, 0.1) is 0 Å². The molecule has 0 aromatic heterocycles. The maximum Gasteiger partial charge on any atom is 0.407 e. The van der Waals surface area contributed by atoms with E-state index >= 15 is 0 Å². The summed E-state index contributed by atoms with van der Waals surface area (Å²) >= 11 is 0. The number of carbonyl (C=O) groups is 3. The highest BCUT2D eigenvalue weighted by Gasteiger charge is 2.47. The lowest BCUT2D eigenvalue weighted by atomic mass is 9.76. The van der Waals surface area contributed by atoms with Gasteiger partial charge in [-0.05, 0) is 60.8 Å². The number of fused-ring (bicyclic) bond motifs is 3. The number of carboxylic acids is 1. The van der Waals surface area contributed by atoms with Crippen LogP contribution in [0.3, 0.4) is 0 Å². The highest BCUT2D eigenvalue weighted by Crippen LogP contribution is 2.44. The van der Waals surface area contributed by atoms with Gasteiger partial charge >= 0.3 is 12.1 Å². The van der Waals surface area contributed by atoms with Gasteiger partial charge in [-0.2, -0.15) is 0 Å². The van der Waals surface area contributed by atoms with E-state index in [1.165, 1.54) is 11.1 Å². The number of carbonyl (C=O) groups excluding carboxylic acids is 2. The van der Waals surface area contributed by atoms with Crippen LogP contribution < -0.4 is 10.6 Å². The lowest BCUT2D eigenvalue weighted by Gasteiger charge is -2.38. The maximum atomic E-state index is 12.6. The van der Waals surface area contributed by atoms with Crippen LogP contribution in [-0.2, 0) is 14.3 Å². The van der Waals surface area contributed by atoms with E-state index in [-0.39, 0.29) is 30.4 Å². The second-order valence-electron chi connectivity index (χ2n) is 9.41. The molecule has 2 atom stereocenters. The molecule has 5 rings (SSSR count). The second-order valence-corrected chi connectivity index (χ2v) is 9.41. The number of hydrogen-bond donors (Lipinski definition) is 3. The zero-order valence-electron chi connectivity index (χ0n) is 18.4. The van der Waals surface area contributed by atoms with Gasteiger partial charge in [0.15, 0.2) is 0 Å². The van der Waals surface area contributed by atoms with Crippen LogP contribution in [0.25, 0.3) is 11.1 Å². The van der Waals surface area contributed by atoms with Crippen LogP contribution in [0.5, 0.6) is 0 Å². The molecule has 7 heteroatoms. The van der Waals surface area contributed by atoms with E-state index in [0.29, 0.717) is 32.1 Å². The van der Waals surface area contributed by atoms with E-state index < -0.39 is 17.6 Å². The minimum atomic E-state index is -1.10. The van der Waals surface area contributed by atoms with Gasteiger partial charge in [-0.3, -0.25) is 4.79 Å². The summed E-state index contributed by atoms with van der Waals surface area (Å²) in [5.74, 6) is -1.48. The van der Waals surface area contributed by atoms with Gasteiger partial charge < -0.3 is 20.5 Å². The van der Waals surface area contributed by atoms with Crippen LogP contribution >= 0.6 is 0 Å². The Labute approximate surface area is 192 Å². The minimum absolute atomic E-state index is 0.0000562. The summed E-state index contributed by atoms with van der Waals surface area (Å²) in [5, 5.41) is 15.1. The van der Waals surface area contributed by atoms with Crippen LogP contribution in [0.15, 0.2) is 48.5 Å². The fourth-order valence-corrected chi connectivity index (χ4v) is 5.42. The van der Waals surface area contributed by atoms with Crippen molar-refractivity contribution >= 4 is 18.0 Å². The molecule has 3 aliphatic carbocycles. The van der Waals surface area contributed by atoms with Gasteiger partial charge in [0.2, 0.25) is 5.91 Å². The number of amides is 2. The van der Waals surface area contributed by atoms with Crippen molar-refractivity contribution in [3.63, 3.8) is 0 Å². The Balaban J connectivity index is 1.14. The summed E-state index contributed by atoms with van der Waals surface area (Å²) in [6.45, 7) is 0.248. The monoisotopic (exact) mass is 448 g/mol. The number of alkyl carbamates (subject to hydrolysis) is 1. The van der Waals surface area contributed by atoms with Crippen molar-refractivity contribution in [1.29, 1.82) is 0 Å². The van der Waals surface area contributed by atoms with Gasteiger partial charge in [0, 0.05) is 17.9 Å². The molecule has 0 bridgehead atoms. The van der Waals surface area contributed by atoms with Crippen molar-refractivity contribution in [3.8, 4) is 11.1 Å². The summed E-state index contributed by atoms with van der Waals surface area (Å²) < 4.78 is 5.61. The largest absolute Gasteiger partial charge is 0.480 e. The Bertz CT molecular complexity index is 1050. The fraction of sp³-hybridized carbons (Fsp3) is 0.423. The molecule has 0 radical (unpaired) electrons. The molecule has 2 saturated carbocycles. The van der Waals surface area contributed by atoms with Crippen LogP contribution in [0.1, 0.15) is 55.6 Å². The lowest BCUT2D eigenvalue weighted by Crippen LogP contribution is -2.60. The van der Waals surface area contributed by atoms with E-state index in [2.05, 4.69) is 34.9 Å². The molecule has 3 N–H and O–H groups in total. The molecule has 0 saturated heterocycles. The molecule has 0 heterocycles. The van der Waals surface area contributed by atoms with E-state index in [0.717, 1.165) is 17.5 Å². The topological polar surface area (TPSA) is 105 Å². The molecule has 2 fully saturated rings. The molecular weight excluding hydrogens is 420 g/mol. The number of hydrogen-bond acceptors (Lipinski definition) is 4. The number of nitrogens with one attached hydrogen (secondary N) is 2. The Hall–Kier alpha value is -3.35. The van der Waals surface area contributed by atoms with Crippen molar-refractivity contribution in [2.24, 2.45) is 5.92 Å². The molecule has 0 spiro atoms. The summed E-state index contributed by atoms with van der Waals surface area (Å²) in [5.41, 5.74) is 3.57. The number of aliphatic carboxylic acids is 1. The summed E-state index contributed by atoms with van der Waals surface area (Å²) in [6, 6.07) is 16.2. The van der Waals surface area contributed by atoms with Crippen molar-refractivity contribution in [1.82, 2.24) is 10.6 Å². The van der Waals surface area contributed by atoms with Crippen molar-refractivity contribution in [2.45, 2.75) is 56.0 Å². The highest BCUT2D eigenvalue weighted by atomic mass is 16.5. The van der Waals surface area contributed by atoms with Gasteiger partial charge in [-0.1, -0.05) is 48.5 Å². The summed E-state index contributed by atoms with van der Waals surface area (Å²) in [7, 11) is 0. The van der Waals surface area contributed by atoms with E-state index in [4.69, 9.17) is 4.74 Å². The smallest absolute Gasteiger partial charge is 0.407 e. The van der Waals surface area contributed by atoms with Crippen LogP contribution in [0, 0.1) is 5.92 Å². The molecule has 0 aliphatic heterocycles. The SMILES string of the molecule is O=C(NC1CCC(C(=O)NC2(C(=O)O)CCC2)C1)OCC1c2ccccc2-c2ccccc21. The Morgan fingerprint density at radius 3 is 2.18 bits per heavy atom. The third-order valence-electron chi connectivity index (χ3n) is 7.45. The zero-order valence-corrected chi connectivity index (χ0v) is 18.4. The molecule has 2 aromatic carbocycles. The minimum Gasteiger partial charge on any atom is -0.480 e. The first-order valence-electron chi connectivity index (χ1n) is 11.6. The fourth-order valence-electron chi connectivity index (χ4n) is 5.42. The van der Waals surface area contributed by atoms with E-state index in [9.17, 15) is 19.5 Å². The Kier molecular flexibility index (Phi) is 5.56. The van der Waals surface area contributed by atoms with Crippen molar-refractivity contribution < 1.29 is 24.2 Å². The predicted molar refractivity (Wildman–Crippen MR) is 122 cm³/mol. The first kappa shape index (κ1) is 21.5. The molecule has 33 heavy (non-hydrogen) atoms. The quantitative estimate of drug-likeness (QED) is 0.623. The average molecular weight is 449 g/mol. The molecule has 7 nitrogen and oxygen atoms in total. The number of carboxylic acid groups (broad SMARTS) is 1. The first-order valence-corrected chi connectivity index (χ1v) is 11.6. The summed E-state index contributed by atoms with van der Waals surface area (Å²) in [6.07, 6.45) is 3.06. The Morgan fingerprint density at radius 2 is 1.61 bits per heavy atom. The van der Waals surface area contributed by atoms with Crippen LogP contribution in [-0.4, -0.2) is 41.3 Å². The van der Waals surface area contributed by atoms with Crippen LogP contribution in [0.4, 0.5) is 4.79 Å². The normalized spacial score (nSPS) is 22.5. The highest BCUT2D eigenvalue weighted by molar-refractivity contribution is 5.89. The molecule has 2 amide bonds. The second kappa shape index (κ2) is 8.54. The Morgan fingerprint density at radius 1 is 0.970 bits per heavy atom. The van der Waals surface area contributed by atoms with Crippen molar-refractivity contribution in [3.05, 3.63) is 59.7 Å². The molecule has 2 aromatic rings. The average Bonchev–Trinajstić information content (AvgIpc) is 3.37. The molecule has 3 aliphatic rings. The molecule has 172 valence electrons. The standard InChI is InChI=1S/C26H28N2O5/c29-23(28-26(24(30)31)12-5-13-26)16-10-11-17(14-16)27-25(32)33-15-22-20-8-3-1-6-18(20)19-7-2-4-9-21(19)22/h1-4,6-9,16-17,22H,5,10-15H2,(H,27,32)(H,28,29)(H,30,31). The zero-order chi connectivity index (χ0) is 23.0. The molecular formula is C26H28N2O5. The number of ether oxygens (including phenoxy) is 1. The third-order valence-corrected chi connectivity index (χ3v) is 7.45. The van der Waals surface area contributed by atoms with Gasteiger partial charge in [0.25, 0.3) is 0 Å². The van der Waals surface area contributed by atoms with Gasteiger partial charge in [0.1, 0.15) is 12.1 Å². The number of benzene rings is 2.